The van der Waals surface area contributed by atoms with Crippen LogP contribution < -0.4 is 0 Å². The third kappa shape index (κ3) is 6.96. The highest BCUT2D eigenvalue weighted by molar-refractivity contribution is 6.49. The first kappa shape index (κ1) is 28.4. The standard InChI is InChI=1S/2C12H5Cl5/c2*13-8-2-1-6(3-9(8)14)7-4-10(15)12(17)11(16)5-7/h2*1-5H. The first-order valence-corrected chi connectivity index (χ1v) is 13.0. The number of hydrogen-bond donors (Lipinski definition) is 0. The SMILES string of the molecule is Clc1ccc(-c2cc(Cl)c(Cl)c(Cl)c2)cc1Cl.Clc1ccc(-c2cc(Cl)c(Cl)c(Cl)c2)cc1Cl. The Balaban J connectivity index is 0.000000191. The first-order valence-electron chi connectivity index (χ1n) is 9.18. The van der Waals surface area contributed by atoms with Crippen LogP contribution in [0.3, 0.4) is 0 Å². The molecule has 0 aromatic heterocycles. The maximum absolute atomic E-state index is 5.96. The molecule has 0 bridgehead atoms. The largest absolute Gasteiger partial charge is 0.0827 e. The van der Waals surface area contributed by atoms with E-state index < -0.39 is 0 Å². The van der Waals surface area contributed by atoms with E-state index in [4.69, 9.17) is 116 Å². The summed E-state index contributed by atoms with van der Waals surface area (Å²) >= 11 is 59.2. The molecular formula is C24H10Cl10. The predicted molar refractivity (Wildman–Crippen MR) is 154 cm³/mol. The van der Waals surface area contributed by atoms with Crippen molar-refractivity contribution in [1.29, 1.82) is 0 Å². The van der Waals surface area contributed by atoms with Gasteiger partial charge >= 0.3 is 0 Å². The van der Waals surface area contributed by atoms with Crippen LogP contribution in [0.1, 0.15) is 0 Å². The highest BCUT2D eigenvalue weighted by Crippen LogP contribution is 2.38. The minimum absolute atomic E-state index is 0.345. The minimum Gasteiger partial charge on any atom is -0.0827 e. The summed E-state index contributed by atoms with van der Waals surface area (Å²) in [4.78, 5) is 0. The van der Waals surface area contributed by atoms with Crippen molar-refractivity contribution in [2.24, 2.45) is 0 Å². The Morgan fingerprint density at radius 3 is 0.794 bits per heavy atom. The lowest BCUT2D eigenvalue weighted by atomic mass is 10.1. The molecule has 0 aliphatic heterocycles. The molecule has 34 heavy (non-hydrogen) atoms. The second-order valence-electron chi connectivity index (χ2n) is 6.77. The van der Waals surface area contributed by atoms with E-state index >= 15 is 0 Å². The van der Waals surface area contributed by atoms with Gasteiger partial charge in [-0.2, -0.15) is 0 Å². The van der Waals surface area contributed by atoms with Gasteiger partial charge in [0, 0.05) is 0 Å². The Morgan fingerprint density at radius 1 is 0.265 bits per heavy atom. The van der Waals surface area contributed by atoms with E-state index in [0.717, 1.165) is 22.3 Å². The molecule has 4 aromatic carbocycles. The Bertz CT molecular complexity index is 1210. The Hall–Kier alpha value is -0.220. The van der Waals surface area contributed by atoms with Crippen molar-refractivity contribution < 1.29 is 0 Å². The van der Waals surface area contributed by atoms with Gasteiger partial charge in [-0.3, -0.25) is 0 Å². The fraction of sp³-hybridized carbons (Fsp3) is 0. The average Bonchev–Trinajstić information content (AvgIpc) is 2.79. The zero-order valence-corrected chi connectivity index (χ0v) is 24.1. The fourth-order valence-electron chi connectivity index (χ4n) is 2.80. The zero-order valence-electron chi connectivity index (χ0n) is 16.6. The first-order chi connectivity index (χ1) is 16.0. The second-order valence-corrected chi connectivity index (χ2v) is 10.8. The molecule has 0 nitrogen and oxygen atoms in total. The van der Waals surface area contributed by atoms with E-state index in [0.29, 0.717) is 50.2 Å². The molecule has 0 saturated heterocycles. The maximum Gasteiger partial charge on any atom is 0.0778 e. The molecule has 0 unspecified atom stereocenters. The molecule has 4 aromatic rings. The van der Waals surface area contributed by atoms with Crippen molar-refractivity contribution in [2.45, 2.75) is 0 Å². The van der Waals surface area contributed by atoms with E-state index in [1.54, 1.807) is 48.5 Å². The van der Waals surface area contributed by atoms with Crippen LogP contribution in [0.5, 0.6) is 0 Å². The highest BCUT2D eigenvalue weighted by Gasteiger charge is 2.10. The molecule has 0 radical (unpaired) electrons. The van der Waals surface area contributed by atoms with Crippen molar-refractivity contribution in [3.8, 4) is 22.3 Å². The summed E-state index contributed by atoms with van der Waals surface area (Å²) < 4.78 is 0. The van der Waals surface area contributed by atoms with E-state index in [9.17, 15) is 0 Å². The summed E-state index contributed by atoms with van der Waals surface area (Å²) in [6.07, 6.45) is 0. The summed E-state index contributed by atoms with van der Waals surface area (Å²) in [7, 11) is 0. The third-order valence-corrected chi connectivity index (χ3v) is 8.35. The molecule has 0 atom stereocenters. The van der Waals surface area contributed by atoms with E-state index in [1.165, 1.54) is 0 Å². The van der Waals surface area contributed by atoms with E-state index in [2.05, 4.69) is 0 Å². The number of hydrogen-bond acceptors (Lipinski definition) is 0. The predicted octanol–water partition coefficient (Wildman–Crippen LogP) is 13.2. The van der Waals surface area contributed by atoms with Gasteiger partial charge in [-0.05, 0) is 70.8 Å². The van der Waals surface area contributed by atoms with Crippen molar-refractivity contribution in [3.63, 3.8) is 0 Å². The number of benzene rings is 4. The molecule has 0 aliphatic rings. The molecule has 176 valence electrons. The van der Waals surface area contributed by atoms with Crippen LogP contribution >= 0.6 is 116 Å². The van der Waals surface area contributed by atoms with E-state index in [1.807, 2.05) is 12.1 Å². The topological polar surface area (TPSA) is 0 Å². The average molecular weight is 653 g/mol. The monoisotopic (exact) mass is 648 g/mol. The van der Waals surface area contributed by atoms with Crippen molar-refractivity contribution in [1.82, 2.24) is 0 Å². The summed E-state index contributed by atoms with van der Waals surface area (Å²) in [5, 5.41) is 4.26. The van der Waals surface area contributed by atoms with Gasteiger partial charge in [0.1, 0.15) is 0 Å². The van der Waals surface area contributed by atoms with Crippen molar-refractivity contribution >= 4 is 116 Å². The van der Waals surface area contributed by atoms with Crippen LogP contribution in [-0.4, -0.2) is 0 Å². The number of rotatable bonds is 2. The normalized spacial score (nSPS) is 10.6. The van der Waals surface area contributed by atoms with Crippen molar-refractivity contribution in [3.05, 3.63) is 111 Å². The second kappa shape index (κ2) is 12.3. The van der Waals surface area contributed by atoms with Gasteiger partial charge in [-0.1, -0.05) is 128 Å². The van der Waals surface area contributed by atoms with Gasteiger partial charge in [0.05, 0.1) is 50.2 Å². The van der Waals surface area contributed by atoms with Crippen LogP contribution in [0.2, 0.25) is 50.2 Å². The molecule has 0 fully saturated rings. The van der Waals surface area contributed by atoms with Gasteiger partial charge < -0.3 is 0 Å². The summed E-state index contributed by atoms with van der Waals surface area (Å²) in [6.45, 7) is 0. The summed E-state index contributed by atoms with van der Waals surface area (Å²) in [5.74, 6) is 0. The maximum atomic E-state index is 5.96. The lowest BCUT2D eigenvalue weighted by Gasteiger charge is -2.06. The molecule has 0 amide bonds. The van der Waals surface area contributed by atoms with Crippen LogP contribution in [0, 0.1) is 0 Å². The van der Waals surface area contributed by atoms with Gasteiger partial charge in [0.2, 0.25) is 0 Å². The van der Waals surface area contributed by atoms with Crippen LogP contribution in [0.25, 0.3) is 22.3 Å². The molecular weight excluding hydrogens is 643 g/mol. The van der Waals surface area contributed by atoms with Gasteiger partial charge in [-0.25, -0.2) is 0 Å². The zero-order chi connectivity index (χ0) is 25.2. The third-order valence-electron chi connectivity index (χ3n) is 4.47. The minimum atomic E-state index is 0.345. The molecule has 4 rings (SSSR count). The van der Waals surface area contributed by atoms with Crippen LogP contribution in [-0.2, 0) is 0 Å². The molecule has 0 aliphatic carbocycles. The molecule has 0 N–H and O–H groups in total. The molecule has 0 spiro atoms. The highest BCUT2D eigenvalue weighted by atomic mass is 35.5. The number of halogens is 10. The quantitative estimate of drug-likeness (QED) is 0.189. The Morgan fingerprint density at radius 2 is 0.529 bits per heavy atom. The molecule has 10 heteroatoms. The Kier molecular flexibility index (Phi) is 10.3. The smallest absolute Gasteiger partial charge is 0.0778 e. The van der Waals surface area contributed by atoms with Crippen LogP contribution in [0.4, 0.5) is 0 Å². The lowest BCUT2D eigenvalue weighted by molar-refractivity contribution is 1.61. The molecule has 0 saturated carbocycles. The van der Waals surface area contributed by atoms with Crippen LogP contribution in [0.15, 0.2) is 60.7 Å². The fourth-order valence-corrected chi connectivity index (χ4v) is 4.58. The summed E-state index contributed by atoms with van der Waals surface area (Å²) in [5.41, 5.74) is 3.42. The van der Waals surface area contributed by atoms with Gasteiger partial charge in [-0.15, -0.1) is 0 Å². The van der Waals surface area contributed by atoms with Gasteiger partial charge in [0.15, 0.2) is 0 Å². The molecule has 0 heterocycles. The van der Waals surface area contributed by atoms with Crippen molar-refractivity contribution in [2.75, 3.05) is 0 Å². The summed E-state index contributed by atoms with van der Waals surface area (Å²) in [6, 6.07) is 17.5. The lowest BCUT2D eigenvalue weighted by Crippen LogP contribution is -1.81. The Labute approximate surface area is 247 Å². The van der Waals surface area contributed by atoms with E-state index in [-0.39, 0.29) is 0 Å². The van der Waals surface area contributed by atoms with Gasteiger partial charge in [0.25, 0.3) is 0 Å².